The van der Waals surface area contributed by atoms with E-state index in [4.69, 9.17) is 16.9 Å². The number of rotatable bonds is 2. The maximum atomic E-state index is 8.48. The van der Waals surface area contributed by atoms with Gasteiger partial charge in [0.25, 0.3) is 0 Å². The molecular formula is C7H8ClN3. The van der Waals surface area contributed by atoms with Crippen LogP contribution in [0, 0.1) is 17.2 Å². The third kappa shape index (κ3) is 2.24. The van der Waals surface area contributed by atoms with Crippen LogP contribution in [0.25, 0.3) is 0 Å². The molecule has 1 aromatic heterocycles. The predicted molar refractivity (Wildman–Crippen MR) is 42.0 cm³/mol. The summed E-state index contributed by atoms with van der Waals surface area (Å²) in [6, 6.07) is 2.12. The first-order chi connectivity index (χ1) is 5.22. The van der Waals surface area contributed by atoms with Crippen LogP contribution in [0.4, 0.5) is 0 Å². The molecule has 0 aromatic carbocycles. The summed E-state index contributed by atoms with van der Waals surface area (Å²) in [6.45, 7) is 2.44. The number of nitriles is 1. The molecule has 0 saturated heterocycles. The van der Waals surface area contributed by atoms with Crippen LogP contribution >= 0.6 is 11.6 Å². The molecule has 0 N–H and O–H groups in total. The highest BCUT2D eigenvalue weighted by atomic mass is 35.5. The lowest BCUT2D eigenvalue weighted by atomic mass is 10.2. The Bertz CT molecular complexity index is 273. The van der Waals surface area contributed by atoms with Crippen molar-refractivity contribution in [2.75, 3.05) is 0 Å². The summed E-state index contributed by atoms with van der Waals surface area (Å²) in [5.74, 6) is -0.0223. The summed E-state index contributed by atoms with van der Waals surface area (Å²) in [6.07, 6.45) is 3.26. The minimum absolute atomic E-state index is 0.0223. The number of aromatic nitrogens is 2. The molecule has 0 aliphatic carbocycles. The molecule has 0 fully saturated rings. The molecule has 58 valence electrons. The molecule has 4 heteroatoms. The maximum absolute atomic E-state index is 8.48. The molecule has 0 amide bonds. The van der Waals surface area contributed by atoms with E-state index in [1.807, 2.05) is 6.92 Å². The van der Waals surface area contributed by atoms with Crippen LogP contribution in [0.3, 0.4) is 0 Å². The lowest BCUT2D eigenvalue weighted by molar-refractivity contribution is 0.528. The van der Waals surface area contributed by atoms with Gasteiger partial charge in [0, 0.05) is 6.20 Å². The van der Waals surface area contributed by atoms with Gasteiger partial charge < -0.3 is 0 Å². The normalized spacial score (nSPS) is 12.5. The van der Waals surface area contributed by atoms with Gasteiger partial charge in [0.1, 0.15) is 0 Å². The zero-order valence-corrected chi connectivity index (χ0v) is 6.91. The van der Waals surface area contributed by atoms with Crippen molar-refractivity contribution in [1.82, 2.24) is 9.78 Å². The van der Waals surface area contributed by atoms with Crippen molar-refractivity contribution < 1.29 is 0 Å². The van der Waals surface area contributed by atoms with E-state index in [2.05, 4.69) is 11.2 Å². The Kier molecular flexibility index (Phi) is 2.50. The van der Waals surface area contributed by atoms with E-state index in [0.29, 0.717) is 11.6 Å². The molecule has 0 unspecified atom stereocenters. The third-order valence-electron chi connectivity index (χ3n) is 1.28. The van der Waals surface area contributed by atoms with Crippen molar-refractivity contribution in [2.45, 2.75) is 13.5 Å². The van der Waals surface area contributed by atoms with Crippen molar-refractivity contribution in [2.24, 2.45) is 5.92 Å². The van der Waals surface area contributed by atoms with Gasteiger partial charge in [-0.05, 0) is 6.92 Å². The van der Waals surface area contributed by atoms with E-state index in [-0.39, 0.29) is 5.92 Å². The SMILES string of the molecule is C[C@@H](C#N)Cn1cc(Cl)cn1. The molecule has 0 aliphatic rings. The quantitative estimate of drug-likeness (QED) is 0.676. The first kappa shape index (κ1) is 8.09. The fourth-order valence-corrected chi connectivity index (χ4v) is 0.916. The molecule has 1 atom stereocenters. The third-order valence-corrected chi connectivity index (χ3v) is 1.48. The number of hydrogen-bond acceptors (Lipinski definition) is 2. The second kappa shape index (κ2) is 3.40. The molecule has 1 aromatic rings. The fraction of sp³-hybridized carbons (Fsp3) is 0.429. The highest BCUT2D eigenvalue weighted by molar-refractivity contribution is 6.30. The molecule has 0 bridgehead atoms. The standard InChI is InChI=1S/C7H8ClN3/c1-6(2-9)4-11-5-7(8)3-10-11/h3,5-6H,4H2,1H3/t6-/m0/s1. The summed E-state index contributed by atoms with van der Waals surface area (Å²) in [4.78, 5) is 0. The summed E-state index contributed by atoms with van der Waals surface area (Å²) < 4.78 is 1.66. The highest BCUT2D eigenvalue weighted by Crippen LogP contribution is 2.06. The Labute approximate surface area is 70.2 Å². The van der Waals surface area contributed by atoms with Crippen LogP contribution in [0.1, 0.15) is 6.92 Å². The fourth-order valence-electron chi connectivity index (χ4n) is 0.760. The van der Waals surface area contributed by atoms with E-state index >= 15 is 0 Å². The molecule has 0 saturated carbocycles. The van der Waals surface area contributed by atoms with Crippen molar-refractivity contribution in [3.8, 4) is 6.07 Å². The number of nitrogens with zero attached hydrogens (tertiary/aromatic N) is 3. The van der Waals surface area contributed by atoms with E-state index < -0.39 is 0 Å². The van der Waals surface area contributed by atoms with E-state index in [1.165, 1.54) is 0 Å². The molecule has 0 spiro atoms. The Morgan fingerprint density at radius 1 is 1.91 bits per heavy atom. The van der Waals surface area contributed by atoms with Gasteiger partial charge in [-0.25, -0.2) is 0 Å². The van der Waals surface area contributed by atoms with E-state index in [1.54, 1.807) is 17.1 Å². The summed E-state index contributed by atoms with van der Waals surface area (Å²) >= 11 is 5.62. The highest BCUT2D eigenvalue weighted by Gasteiger charge is 2.01. The van der Waals surface area contributed by atoms with Gasteiger partial charge in [-0.2, -0.15) is 10.4 Å². The van der Waals surface area contributed by atoms with Crippen LogP contribution in [-0.2, 0) is 6.54 Å². The molecule has 0 aliphatic heterocycles. The van der Waals surface area contributed by atoms with Crippen LogP contribution < -0.4 is 0 Å². The molecule has 1 rings (SSSR count). The van der Waals surface area contributed by atoms with Crippen LogP contribution in [0.15, 0.2) is 12.4 Å². The maximum Gasteiger partial charge on any atom is 0.0785 e. The second-order valence-electron chi connectivity index (χ2n) is 2.41. The van der Waals surface area contributed by atoms with Gasteiger partial charge in [-0.3, -0.25) is 4.68 Å². The van der Waals surface area contributed by atoms with Crippen molar-refractivity contribution in [3.05, 3.63) is 17.4 Å². The van der Waals surface area contributed by atoms with Crippen molar-refractivity contribution in [1.29, 1.82) is 5.26 Å². The zero-order chi connectivity index (χ0) is 8.27. The Morgan fingerprint density at radius 2 is 2.64 bits per heavy atom. The van der Waals surface area contributed by atoms with E-state index in [0.717, 1.165) is 0 Å². The summed E-state index contributed by atoms with van der Waals surface area (Å²) in [5.41, 5.74) is 0. The molecule has 3 nitrogen and oxygen atoms in total. The van der Waals surface area contributed by atoms with Crippen LogP contribution in [-0.4, -0.2) is 9.78 Å². The molecule has 1 heterocycles. The predicted octanol–water partition coefficient (Wildman–Crippen LogP) is 1.70. The Hall–Kier alpha value is -1.01. The lowest BCUT2D eigenvalue weighted by Gasteiger charge is -2.00. The largest absolute Gasteiger partial charge is 0.270 e. The Balaban J connectivity index is 2.59. The minimum atomic E-state index is -0.0223. The van der Waals surface area contributed by atoms with Gasteiger partial charge in [0.15, 0.2) is 0 Å². The smallest absolute Gasteiger partial charge is 0.0785 e. The van der Waals surface area contributed by atoms with Gasteiger partial charge >= 0.3 is 0 Å². The van der Waals surface area contributed by atoms with Crippen LogP contribution in [0.2, 0.25) is 5.02 Å². The van der Waals surface area contributed by atoms with Crippen LogP contribution in [0.5, 0.6) is 0 Å². The minimum Gasteiger partial charge on any atom is -0.270 e. The van der Waals surface area contributed by atoms with Gasteiger partial charge in [0.2, 0.25) is 0 Å². The van der Waals surface area contributed by atoms with Gasteiger partial charge in [-0.15, -0.1) is 0 Å². The average Bonchev–Trinajstić information content (AvgIpc) is 2.35. The van der Waals surface area contributed by atoms with Gasteiger partial charge in [0.05, 0.1) is 29.8 Å². The number of halogens is 1. The second-order valence-corrected chi connectivity index (χ2v) is 2.85. The van der Waals surface area contributed by atoms with Crippen molar-refractivity contribution >= 4 is 11.6 Å². The summed E-state index contributed by atoms with van der Waals surface area (Å²) in [7, 11) is 0. The lowest BCUT2D eigenvalue weighted by Crippen LogP contribution is -2.05. The topological polar surface area (TPSA) is 41.6 Å². The summed E-state index contributed by atoms with van der Waals surface area (Å²) in [5, 5.41) is 13.0. The van der Waals surface area contributed by atoms with Gasteiger partial charge in [-0.1, -0.05) is 11.6 Å². The molecule has 0 radical (unpaired) electrons. The van der Waals surface area contributed by atoms with Crippen molar-refractivity contribution in [3.63, 3.8) is 0 Å². The zero-order valence-electron chi connectivity index (χ0n) is 6.16. The molecule has 11 heavy (non-hydrogen) atoms. The molecular weight excluding hydrogens is 162 g/mol. The Morgan fingerprint density at radius 3 is 3.09 bits per heavy atom. The number of hydrogen-bond donors (Lipinski definition) is 0. The monoisotopic (exact) mass is 169 g/mol. The first-order valence-corrected chi connectivity index (χ1v) is 3.67. The first-order valence-electron chi connectivity index (χ1n) is 3.30. The average molecular weight is 170 g/mol. The van der Waals surface area contributed by atoms with E-state index in [9.17, 15) is 0 Å².